The summed E-state index contributed by atoms with van der Waals surface area (Å²) in [5, 5.41) is 16.4. The minimum absolute atomic E-state index is 0.216. The predicted octanol–water partition coefficient (Wildman–Crippen LogP) is 1.86. The fourth-order valence-corrected chi connectivity index (χ4v) is 2.57. The lowest BCUT2D eigenvalue weighted by atomic mass is 9.87. The smallest absolute Gasteiger partial charge is 0.334 e. The average molecular weight is 315 g/mol. The summed E-state index contributed by atoms with van der Waals surface area (Å²) in [7, 11) is 1.81. The Labute approximate surface area is 135 Å². The summed E-state index contributed by atoms with van der Waals surface area (Å²) in [4.78, 5) is 24.1. The number of nitrogens with one attached hydrogen (secondary N) is 1. The molecule has 0 aliphatic rings. The van der Waals surface area contributed by atoms with Crippen LogP contribution in [0.2, 0.25) is 0 Å². The quantitative estimate of drug-likeness (QED) is 0.817. The van der Waals surface area contributed by atoms with E-state index in [1.807, 2.05) is 19.3 Å². The van der Waals surface area contributed by atoms with Crippen LogP contribution in [-0.4, -0.2) is 26.8 Å². The van der Waals surface area contributed by atoms with Gasteiger partial charge in [-0.3, -0.25) is 9.48 Å². The third-order valence-electron chi connectivity index (χ3n) is 3.91. The van der Waals surface area contributed by atoms with E-state index in [0.717, 1.165) is 5.56 Å². The Bertz CT molecular complexity index is 681. The molecule has 0 saturated carbocycles. The number of rotatable bonds is 7. The number of hydrogen-bond donors (Lipinski definition) is 2. The molecule has 0 fully saturated rings. The maximum absolute atomic E-state index is 12.3. The van der Waals surface area contributed by atoms with Crippen molar-refractivity contribution in [3.05, 3.63) is 53.9 Å². The van der Waals surface area contributed by atoms with Gasteiger partial charge in [-0.05, 0) is 24.0 Å². The second-order valence-corrected chi connectivity index (χ2v) is 5.50. The molecule has 2 N–H and O–H groups in total. The van der Waals surface area contributed by atoms with Crippen LogP contribution < -0.4 is 5.32 Å². The SMILES string of the molecule is CCC(NC(=O)CCc1cnn(C)c1)(C(=O)O)c1ccccc1. The predicted molar refractivity (Wildman–Crippen MR) is 85.7 cm³/mol. The molecule has 0 saturated heterocycles. The first kappa shape index (κ1) is 16.7. The van der Waals surface area contributed by atoms with Gasteiger partial charge in [0.2, 0.25) is 5.91 Å². The normalized spacial score (nSPS) is 13.3. The van der Waals surface area contributed by atoms with Crippen LogP contribution in [0.3, 0.4) is 0 Å². The molecular formula is C17H21N3O3. The topological polar surface area (TPSA) is 84.2 Å². The Kier molecular flexibility index (Phi) is 5.16. The van der Waals surface area contributed by atoms with Crippen LogP contribution in [0, 0.1) is 0 Å². The van der Waals surface area contributed by atoms with Gasteiger partial charge >= 0.3 is 5.97 Å². The van der Waals surface area contributed by atoms with E-state index < -0.39 is 11.5 Å². The number of aliphatic carboxylic acids is 1. The minimum atomic E-state index is -1.40. The third-order valence-corrected chi connectivity index (χ3v) is 3.91. The number of aryl methyl sites for hydroxylation is 2. The van der Waals surface area contributed by atoms with Gasteiger partial charge in [0, 0.05) is 19.7 Å². The molecular weight excluding hydrogens is 294 g/mol. The molecule has 0 radical (unpaired) electrons. The monoisotopic (exact) mass is 315 g/mol. The Morgan fingerprint density at radius 3 is 2.52 bits per heavy atom. The molecule has 1 amide bonds. The van der Waals surface area contributed by atoms with Gasteiger partial charge in [0.15, 0.2) is 5.54 Å². The van der Waals surface area contributed by atoms with E-state index in [-0.39, 0.29) is 18.7 Å². The lowest BCUT2D eigenvalue weighted by molar-refractivity contribution is -0.148. The molecule has 0 bridgehead atoms. The van der Waals surface area contributed by atoms with Crippen molar-refractivity contribution in [2.75, 3.05) is 0 Å². The molecule has 23 heavy (non-hydrogen) atoms. The molecule has 0 aliphatic heterocycles. The summed E-state index contributed by atoms with van der Waals surface area (Å²) in [5.41, 5.74) is 0.123. The van der Waals surface area contributed by atoms with E-state index in [4.69, 9.17) is 0 Å². The van der Waals surface area contributed by atoms with Crippen LogP contribution in [0.1, 0.15) is 30.9 Å². The van der Waals surface area contributed by atoms with Crippen molar-refractivity contribution >= 4 is 11.9 Å². The fraction of sp³-hybridized carbons (Fsp3) is 0.353. The molecule has 1 unspecified atom stereocenters. The number of carboxylic acid groups (broad SMARTS) is 1. The summed E-state index contributed by atoms with van der Waals surface area (Å²) >= 11 is 0. The van der Waals surface area contributed by atoms with Gasteiger partial charge in [0.05, 0.1) is 6.20 Å². The highest BCUT2D eigenvalue weighted by Gasteiger charge is 2.39. The lowest BCUT2D eigenvalue weighted by Crippen LogP contribution is -2.51. The largest absolute Gasteiger partial charge is 0.479 e. The number of carbonyl (C=O) groups is 2. The van der Waals surface area contributed by atoms with E-state index in [1.165, 1.54) is 0 Å². The highest BCUT2D eigenvalue weighted by atomic mass is 16.4. The van der Waals surface area contributed by atoms with Gasteiger partial charge in [0.1, 0.15) is 0 Å². The Morgan fingerprint density at radius 2 is 2.00 bits per heavy atom. The van der Waals surface area contributed by atoms with E-state index in [9.17, 15) is 14.7 Å². The van der Waals surface area contributed by atoms with Crippen molar-refractivity contribution in [2.45, 2.75) is 31.7 Å². The van der Waals surface area contributed by atoms with E-state index in [1.54, 1.807) is 42.1 Å². The molecule has 1 atom stereocenters. The Hall–Kier alpha value is -2.63. The van der Waals surface area contributed by atoms with Crippen LogP contribution >= 0.6 is 0 Å². The molecule has 1 heterocycles. The average Bonchev–Trinajstić information content (AvgIpc) is 2.97. The first-order valence-corrected chi connectivity index (χ1v) is 7.55. The van der Waals surface area contributed by atoms with Crippen LogP contribution in [0.15, 0.2) is 42.7 Å². The van der Waals surface area contributed by atoms with Crippen LogP contribution in [0.25, 0.3) is 0 Å². The summed E-state index contributed by atoms with van der Waals surface area (Å²) in [5.74, 6) is -1.34. The highest BCUT2D eigenvalue weighted by Crippen LogP contribution is 2.25. The van der Waals surface area contributed by atoms with Gasteiger partial charge in [-0.1, -0.05) is 37.3 Å². The van der Waals surface area contributed by atoms with Crippen LogP contribution in [0.5, 0.6) is 0 Å². The summed E-state index contributed by atoms with van der Waals surface area (Å²) in [6.07, 6.45) is 4.55. The zero-order valence-electron chi connectivity index (χ0n) is 13.3. The van der Waals surface area contributed by atoms with Gasteiger partial charge in [0.25, 0.3) is 0 Å². The molecule has 6 nitrogen and oxygen atoms in total. The zero-order chi connectivity index (χ0) is 16.9. The molecule has 1 aromatic heterocycles. The van der Waals surface area contributed by atoms with Crippen molar-refractivity contribution in [2.24, 2.45) is 7.05 Å². The number of carbonyl (C=O) groups excluding carboxylic acids is 1. The summed E-state index contributed by atoms with van der Waals surface area (Å²) in [6, 6.07) is 8.79. The second-order valence-electron chi connectivity index (χ2n) is 5.50. The second kappa shape index (κ2) is 7.09. The first-order valence-electron chi connectivity index (χ1n) is 7.55. The maximum atomic E-state index is 12.3. The molecule has 1 aromatic carbocycles. The number of amides is 1. The molecule has 0 spiro atoms. The van der Waals surface area contributed by atoms with Crippen molar-refractivity contribution in [3.8, 4) is 0 Å². The standard InChI is InChI=1S/C17H21N3O3/c1-3-17(16(22)23,14-7-5-4-6-8-14)19-15(21)10-9-13-11-18-20(2)12-13/h4-8,11-12H,3,9-10H2,1-2H3,(H,19,21)(H,22,23). The van der Waals surface area contributed by atoms with Crippen LogP contribution in [-0.2, 0) is 28.6 Å². The van der Waals surface area contributed by atoms with Crippen molar-refractivity contribution in [3.63, 3.8) is 0 Å². The Balaban J connectivity index is 2.11. The number of aromatic nitrogens is 2. The summed E-state index contributed by atoms with van der Waals surface area (Å²) < 4.78 is 1.67. The van der Waals surface area contributed by atoms with Gasteiger partial charge in [-0.15, -0.1) is 0 Å². The molecule has 6 heteroatoms. The minimum Gasteiger partial charge on any atom is -0.479 e. The van der Waals surface area contributed by atoms with Crippen molar-refractivity contribution < 1.29 is 14.7 Å². The summed E-state index contributed by atoms with van der Waals surface area (Å²) in [6.45, 7) is 1.75. The van der Waals surface area contributed by atoms with E-state index in [2.05, 4.69) is 10.4 Å². The third kappa shape index (κ3) is 3.77. The molecule has 2 rings (SSSR count). The number of carboxylic acids is 1. The van der Waals surface area contributed by atoms with Gasteiger partial charge in [-0.25, -0.2) is 4.79 Å². The molecule has 0 aliphatic carbocycles. The fourth-order valence-electron chi connectivity index (χ4n) is 2.57. The zero-order valence-corrected chi connectivity index (χ0v) is 13.3. The van der Waals surface area contributed by atoms with Gasteiger partial charge < -0.3 is 10.4 Å². The molecule has 122 valence electrons. The highest BCUT2D eigenvalue weighted by molar-refractivity contribution is 5.88. The van der Waals surface area contributed by atoms with Gasteiger partial charge in [-0.2, -0.15) is 5.10 Å². The first-order chi connectivity index (χ1) is 11.0. The number of nitrogens with zero attached hydrogens (tertiary/aromatic N) is 2. The van der Waals surface area contributed by atoms with Crippen molar-refractivity contribution in [1.29, 1.82) is 0 Å². The maximum Gasteiger partial charge on any atom is 0.334 e. The lowest BCUT2D eigenvalue weighted by Gasteiger charge is -2.30. The van der Waals surface area contributed by atoms with E-state index >= 15 is 0 Å². The molecule has 2 aromatic rings. The van der Waals surface area contributed by atoms with E-state index in [0.29, 0.717) is 12.0 Å². The Morgan fingerprint density at radius 1 is 1.30 bits per heavy atom. The van der Waals surface area contributed by atoms with Crippen LogP contribution in [0.4, 0.5) is 0 Å². The number of hydrogen-bond acceptors (Lipinski definition) is 3. The van der Waals surface area contributed by atoms with Crippen molar-refractivity contribution in [1.82, 2.24) is 15.1 Å². The number of benzene rings is 1.